The molecular weight excluding hydrogens is 520 g/mol. The molecule has 43 heavy (non-hydrogen) atoms. The summed E-state index contributed by atoms with van der Waals surface area (Å²) in [5.41, 5.74) is 2.93. The first-order chi connectivity index (χ1) is 25.8. The Labute approximate surface area is 264 Å². The molecule has 0 saturated carbocycles. The van der Waals surface area contributed by atoms with E-state index >= 15 is 0 Å². The summed E-state index contributed by atoms with van der Waals surface area (Å²) in [6, 6.07) is 24.9. The molecule has 0 atom stereocenters. The van der Waals surface area contributed by atoms with Crippen LogP contribution in [-0.2, 0) is 0 Å². The molecule has 1 nitrogen and oxygen atoms in total. The third-order valence-corrected chi connectivity index (χ3v) is 8.05. The molecular formula is C42H26O. The molecule has 1 heterocycles. The summed E-state index contributed by atoms with van der Waals surface area (Å²) < 4.78 is 101. The lowest BCUT2D eigenvalue weighted by molar-refractivity contribution is 0.669. The summed E-state index contributed by atoms with van der Waals surface area (Å²) >= 11 is 0. The van der Waals surface area contributed by atoms with Gasteiger partial charge in [0, 0.05) is 10.8 Å². The normalized spacial score (nSPS) is 15.3. The van der Waals surface area contributed by atoms with E-state index in [9.17, 15) is 1.37 Å². The molecule has 0 aliphatic rings. The van der Waals surface area contributed by atoms with Crippen molar-refractivity contribution in [3.63, 3.8) is 0 Å². The largest absolute Gasteiger partial charge is 0.456 e. The van der Waals surface area contributed by atoms with Gasteiger partial charge in [0.15, 0.2) is 0 Å². The molecule has 9 rings (SSSR count). The average molecular weight is 558 g/mol. The van der Waals surface area contributed by atoms with E-state index in [4.69, 9.17) is 18.1 Å². The molecule has 9 aromatic rings. The van der Waals surface area contributed by atoms with Crippen molar-refractivity contribution in [3.05, 3.63) is 157 Å². The first-order valence-electron chi connectivity index (χ1n) is 19.4. The van der Waals surface area contributed by atoms with Crippen molar-refractivity contribution in [1.82, 2.24) is 0 Å². The van der Waals surface area contributed by atoms with E-state index < -0.39 is 24.2 Å². The van der Waals surface area contributed by atoms with Crippen LogP contribution in [-0.4, -0.2) is 0 Å². The fourth-order valence-electron chi connectivity index (χ4n) is 6.13. The minimum Gasteiger partial charge on any atom is -0.456 e. The smallest absolute Gasteiger partial charge is 0.135 e. The third kappa shape index (κ3) is 3.79. The van der Waals surface area contributed by atoms with E-state index in [1.54, 1.807) is 42.5 Å². The summed E-state index contributed by atoms with van der Waals surface area (Å²) in [5.74, 6) is 0. The molecule has 0 aliphatic carbocycles. The lowest BCUT2D eigenvalue weighted by atomic mass is 9.85. The predicted molar refractivity (Wildman–Crippen MR) is 183 cm³/mol. The zero-order valence-electron chi connectivity index (χ0n) is 33.6. The van der Waals surface area contributed by atoms with Gasteiger partial charge < -0.3 is 4.42 Å². The van der Waals surface area contributed by atoms with Crippen LogP contribution in [0, 0.1) is 0 Å². The number of furan rings is 1. The van der Waals surface area contributed by atoms with Gasteiger partial charge in [0.05, 0.1) is 15.1 Å². The number of rotatable bonds is 3. The fourth-order valence-corrected chi connectivity index (χ4v) is 6.13. The summed E-state index contributed by atoms with van der Waals surface area (Å²) in [6.45, 7) is 0. The maximum atomic E-state index is 9.32. The van der Waals surface area contributed by atoms with Gasteiger partial charge in [-0.1, -0.05) is 127 Å². The Morgan fingerprint density at radius 2 is 1.02 bits per heavy atom. The van der Waals surface area contributed by atoms with E-state index in [0.717, 1.165) is 21.9 Å². The number of hydrogen-bond acceptors (Lipinski definition) is 1. The Bertz CT molecular complexity index is 3060. The van der Waals surface area contributed by atoms with Crippen molar-refractivity contribution in [3.8, 4) is 33.4 Å². The molecule has 0 saturated heterocycles. The number of fused-ring (bicyclic) bond motifs is 6. The number of para-hydroxylation sites is 1. The minimum absolute atomic E-state index is 0.00508. The van der Waals surface area contributed by atoms with Crippen molar-refractivity contribution in [2.45, 2.75) is 0 Å². The number of hydrogen-bond donors (Lipinski definition) is 0. The maximum absolute atomic E-state index is 9.32. The molecule has 0 fully saturated rings. The van der Waals surface area contributed by atoms with Crippen LogP contribution in [0.25, 0.3) is 87.6 Å². The molecule has 0 spiro atoms. The Balaban J connectivity index is 1.37. The molecule has 0 aliphatic heterocycles. The summed E-state index contributed by atoms with van der Waals surface area (Å²) in [4.78, 5) is 0. The van der Waals surface area contributed by atoms with Crippen LogP contribution >= 0.6 is 0 Å². The third-order valence-electron chi connectivity index (χ3n) is 8.05. The highest BCUT2D eigenvalue weighted by Crippen LogP contribution is 2.44. The molecule has 8 aromatic carbocycles. The SMILES string of the molecule is [2H]c1cc2c(-c3cccc(-c4c([2H])c([2H])c5oc6c([2H])c([2H])c([2H])c([2H])c6c5c4[2H])c3)c3cc([2H])c([2H])cc3c(-c3ccc4ccccc4c3)c2cc1[2H]. The second kappa shape index (κ2) is 9.44. The van der Waals surface area contributed by atoms with E-state index in [0.29, 0.717) is 38.2 Å². The second-order valence-electron chi connectivity index (χ2n) is 10.5. The topological polar surface area (TPSA) is 13.1 Å². The lowest BCUT2D eigenvalue weighted by Crippen LogP contribution is -1.91. The molecule has 0 N–H and O–H groups in total. The average Bonchev–Trinajstić information content (AvgIpc) is 3.57. The van der Waals surface area contributed by atoms with Gasteiger partial charge in [-0.25, -0.2) is 0 Å². The predicted octanol–water partition coefficient (Wildman–Crippen LogP) is 12.0. The van der Waals surface area contributed by atoms with E-state index in [2.05, 4.69) is 6.07 Å². The zero-order chi connectivity index (χ0) is 37.9. The Morgan fingerprint density at radius 3 is 1.77 bits per heavy atom. The molecule has 1 heteroatoms. The Hall–Kier alpha value is -5.66. The summed E-state index contributed by atoms with van der Waals surface area (Å²) in [6.07, 6.45) is 0. The van der Waals surface area contributed by atoms with Crippen LogP contribution in [0.4, 0.5) is 0 Å². The molecule has 0 radical (unpaired) electrons. The minimum atomic E-state index is -0.503. The van der Waals surface area contributed by atoms with Crippen molar-refractivity contribution in [2.24, 2.45) is 0 Å². The van der Waals surface area contributed by atoms with E-state index in [1.165, 1.54) is 0 Å². The number of benzene rings is 8. The Kier molecular flexibility index (Phi) is 3.41. The van der Waals surface area contributed by atoms with Crippen molar-refractivity contribution in [2.75, 3.05) is 0 Å². The van der Waals surface area contributed by atoms with Gasteiger partial charge in [0.2, 0.25) is 0 Å². The lowest BCUT2D eigenvalue weighted by Gasteiger charge is -2.18. The van der Waals surface area contributed by atoms with Crippen LogP contribution in [0.2, 0.25) is 0 Å². The van der Waals surface area contributed by atoms with Crippen molar-refractivity contribution >= 4 is 54.3 Å². The molecule has 200 valence electrons. The maximum Gasteiger partial charge on any atom is 0.135 e. The monoisotopic (exact) mass is 557 g/mol. The van der Waals surface area contributed by atoms with Gasteiger partial charge in [0.1, 0.15) is 11.2 Å². The van der Waals surface area contributed by atoms with Gasteiger partial charge in [-0.2, -0.15) is 0 Å². The summed E-state index contributed by atoms with van der Waals surface area (Å²) in [7, 11) is 0. The highest BCUT2D eigenvalue weighted by atomic mass is 16.3. The first kappa shape index (κ1) is 15.5. The highest BCUT2D eigenvalue weighted by molar-refractivity contribution is 6.22. The van der Waals surface area contributed by atoms with Crippen LogP contribution in [0.3, 0.4) is 0 Å². The molecule has 0 amide bonds. The zero-order valence-corrected chi connectivity index (χ0v) is 22.6. The second-order valence-corrected chi connectivity index (χ2v) is 10.5. The van der Waals surface area contributed by atoms with Crippen molar-refractivity contribution in [1.29, 1.82) is 0 Å². The first-order valence-corrected chi connectivity index (χ1v) is 13.9. The van der Waals surface area contributed by atoms with Gasteiger partial charge in [-0.15, -0.1) is 0 Å². The Morgan fingerprint density at radius 1 is 0.395 bits per heavy atom. The van der Waals surface area contributed by atoms with Gasteiger partial charge >= 0.3 is 0 Å². The van der Waals surface area contributed by atoms with Crippen LogP contribution in [0.5, 0.6) is 0 Å². The van der Waals surface area contributed by atoms with E-state index in [-0.39, 0.29) is 69.8 Å². The fraction of sp³-hybridized carbons (Fsp3) is 0. The highest BCUT2D eigenvalue weighted by Gasteiger charge is 2.17. The van der Waals surface area contributed by atoms with Crippen LogP contribution in [0.1, 0.15) is 15.1 Å². The quantitative estimate of drug-likeness (QED) is 0.197. The molecule has 0 bridgehead atoms. The van der Waals surface area contributed by atoms with Gasteiger partial charge in [-0.05, 0) is 96.0 Å². The van der Waals surface area contributed by atoms with Gasteiger partial charge in [-0.3, -0.25) is 0 Å². The molecule has 0 unspecified atom stereocenters. The summed E-state index contributed by atoms with van der Waals surface area (Å²) in [5, 5.41) is 4.64. The van der Waals surface area contributed by atoms with Gasteiger partial charge in [0.25, 0.3) is 0 Å². The standard InChI is InChI=1S/C42H26O/c1-2-11-28-24-32(21-20-27(28)10-1)42-36-17-5-3-15-34(36)41(35-16-4-6-18-37(35)42)31-13-9-12-29(25-31)30-22-23-40-38(26-30)33-14-7-8-19-39(33)43-40/h1-26H/i3D,4D,5D,6D,7D,8D,14D,19D,22D,23D,26D. The van der Waals surface area contributed by atoms with Crippen molar-refractivity contribution < 1.29 is 19.5 Å². The van der Waals surface area contributed by atoms with Crippen LogP contribution < -0.4 is 0 Å². The molecule has 1 aromatic heterocycles. The van der Waals surface area contributed by atoms with Crippen LogP contribution in [0.15, 0.2) is 162 Å². The van der Waals surface area contributed by atoms with E-state index in [1.807, 2.05) is 42.5 Å².